The molecular weight excluding hydrogens is 239 g/mol. The molecule has 0 aromatic heterocycles. The quantitative estimate of drug-likeness (QED) is 0.795. The molecule has 1 aliphatic rings. The molecule has 0 radical (unpaired) electrons. The van der Waals surface area contributed by atoms with Crippen molar-refractivity contribution >= 4 is 5.69 Å². The molecule has 1 aliphatic heterocycles. The molecule has 0 fully saturated rings. The SMILES string of the molecule is CN1CCc2c(-c3ccc(F)cc3)ccc(N)c2C1. The summed E-state index contributed by atoms with van der Waals surface area (Å²) in [5.74, 6) is -0.201. The van der Waals surface area contributed by atoms with Crippen molar-refractivity contribution in [1.29, 1.82) is 0 Å². The van der Waals surface area contributed by atoms with E-state index in [-0.39, 0.29) is 5.82 Å². The molecule has 0 spiro atoms. The van der Waals surface area contributed by atoms with E-state index in [1.165, 1.54) is 28.8 Å². The minimum Gasteiger partial charge on any atom is -0.398 e. The molecule has 0 amide bonds. The van der Waals surface area contributed by atoms with Gasteiger partial charge in [0, 0.05) is 18.8 Å². The van der Waals surface area contributed by atoms with E-state index < -0.39 is 0 Å². The summed E-state index contributed by atoms with van der Waals surface area (Å²) in [6.07, 6.45) is 0.990. The van der Waals surface area contributed by atoms with Crippen LogP contribution in [0.2, 0.25) is 0 Å². The van der Waals surface area contributed by atoms with Crippen molar-refractivity contribution < 1.29 is 4.39 Å². The highest BCUT2D eigenvalue weighted by atomic mass is 19.1. The van der Waals surface area contributed by atoms with Crippen LogP contribution in [0.3, 0.4) is 0 Å². The van der Waals surface area contributed by atoms with E-state index in [9.17, 15) is 4.39 Å². The van der Waals surface area contributed by atoms with Crippen molar-refractivity contribution in [3.05, 3.63) is 53.3 Å². The largest absolute Gasteiger partial charge is 0.398 e. The van der Waals surface area contributed by atoms with E-state index in [1.54, 1.807) is 0 Å². The lowest BCUT2D eigenvalue weighted by atomic mass is 9.90. The van der Waals surface area contributed by atoms with Gasteiger partial charge in [0.05, 0.1) is 0 Å². The molecular formula is C16H17FN2. The van der Waals surface area contributed by atoms with E-state index >= 15 is 0 Å². The highest BCUT2D eigenvalue weighted by Crippen LogP contribution is 2.33. The number of nitrogens with two attached hydrogens (primary N) is 1. The summed E-state index contributed by atoms with van der Waals surface area (Å²) in [7, 11) is 2.10. The number of fused-ring (bicyclic) bond motifs is 1. The van der Waals surface area contributed by atoms with Crippen LogP contribution in [0, 0.1) is 5.82 Å². The molecule has 2 aromatic carbocycles. The van der Waals surface area contributed by atoms with Gasteiger partial charge in [0.1, 0.15) is 5.82 Å². The van der Waals surface area contributed by atoms with Crippen LogP contribution in [0.15, 0.2) is 36.4 Å². The van der Waals surface area contributed by atoms with Crippen LogP contribution in [0.4, 0.5) is 10.1 Å². The third-order valence-corrected chi connectivity index (χ3v) is 3.79. The highest BCUT2D eigenvalue weighted by Gasteiger charge is 2.19. The Bertz CT molecular complexity index is 605. The zero-order valence-electron chi connectivity index (χ0n) is 11.0. The lowest BCUT2D eigenvalue weighted by Crippen LogP contribution is -2.27. The van der Waals surface area contributed by atoms with Crippen molar-refractivity contribution in [2.24, 2.45) is 0 Å². The summed E-state index contributed by atoms with van der Waals surface area (Å²) in [4.78, 5) is 2.27. The van der Waals surface area contributed by atoms with Crippen LogP contribution in [0.1, 0.15) is 11.1 Å². The third kappa shape index (κ3) is 2.22. The van der Waals surface area contributed by atoms with Gasteiger partial charge in [-0.05, 0) is 53.9 Å². The first-order valence-electron chi connectivity index (χ1n) is 6.50. The fourth-order valence-corrected chi connectivity index (χ4v) is 2.73. The molecule has 0 unspecified atom stereocenters. The predicted octanol–water partition coefficient (Wildman–Crippen LogP) is 3.06. The normalized spacial score (nSPS) is 15.3. The molecule has 98 valence electrons. The first kappa shape index (κ1) is 12.2. The summed E-state index contributed by atoms with van der Waals surface area (Å²) < 4.78 is 13.0. The molecule has 0 saturated heterocycles. The van der Waals surface area contributed by atoms with Gasteiger partial charge in [-0.15, -0.1) is 0 Å². The summed E-state index contributed by atoms with van der Waals surface area (Å²) in [6.45, 7) is 1.92. The third-order valence-electron chi connectivity index (χ3n) is 3.79. The number of anilines is 1. The molecule has 2 N–H and O–H groups in total. The number of hydrogen-bond acceptors (Lipinski definition) is 2. The lowest BCUT2D eigenvalue weighted by molar-refractivity contribution is 0.314. The summed E-state index contributed by atoms with van der Waals surface area (Å²) >= 11 is 0. The predicted molar refractivity (Wildman–Crippen MR) is 76.3 cm³/mol. The van der Waals surface area contributed by atoms with Crippen LogP contribution in [0.25, 0.3) is 11.1 Å². The number of hydrogen-bond donors (Lipinski definition) is 1. The standard InChI is InChI=1S/C16H17FN2/c1-19-9-8-14-13(6-7-16(18)15(14)10-19)11-2-4-12(17)5-3-11/h2-7H,8-10,18H2,1H3. The molecule has 0 atom stereocenters. The Kier molecular flexibility index (Phi) is 2.99. The summed E-state index contributed by atoms with van der Waals surface area (Å²) in [5.41, 5.74) is 11.7. The molecule has 3 rings (SSSR count). The monoisotopic (exact) mass is 256 g/mol. The van der Waals surface area contributed by atoms with Gasteiger partial charge in [-0.2, -0.15) is 0 Å². The van der Waals surface area contributed by atoms with Gasteiger partial charge in [0.2, 0.25) is 0 Å². The first-order chi connectivity index (χ1) is 9.15. The molecule has 2 nitrogen and oxygen atoms in total. The Hall–Kier alpha value is -1.87. The number of nitrogen functional groups attached to an aromatic ring is 1. The number of nitrogens with zero attached hydrogens (tertiary/aromatic N) is 1. The zero-order valence-corrected chi connectivity index (χ0v) is 11.0. The Labute approximate surface area is 112 Å². The first-order valence-corrected chi connectivity index (χ1v) is 6.50. The second-order valence-corrected chi connectivity index (χ2v) is 5.15. The van der Waals surface area contributed by atoms with Crippen molar-refractivity contribution in [3.63, 3.8) is 0 Å². The van der Waals surface area contributed by atoms with Gasteiger partial charge in [-0.1, -0.05) is 18.2 Å². The number of likely N-dealkylation sites (N-methyl/N-ethyl adjacent to an activating group) is 1. The Morgan fingerprint density at radius 1 is 1.05 bits per heavy atom. The molecule has 3 heteroatoms. The molecule has 2 aromatic rings. The van der Waals surface area contributed by atoms with Gasteiger partial charge in [0.25, 0.3) is 0 Å². The van der Waals surface area contributed by atoms with Crippen molar-refractivity contribution in [1.82, 2.24) is 4.90 Å². The van der Waals surface area contributed by atoms with Crippen LogP contribution < -0.4 is 5.73 Å². The average Bonchev–Trinajstić information content (AvgIpc) is 2.41. The van der Waals surface area contributed by atoms with Crippen molar-refractivity contribution in [3.8, 4) is 11.1 Å². The van der Waals surface area contributed by atoms with Crippen LogP contribution in [-0.4, -0.2) is 18.5 Å². The van der Waals surface area contributed by atoms with E-state index in [4.69, 9.17) is 5.73 Å². The van der Waals surface area contributed by atoms with Gasteiger partial charge in [-0.3, -0.25) is 0 Å². The molecule has 1 heterocycles. The van der Waals surface area contributed by atoms with Crippen molar-refractivity contribution in [2.75, 3.05) is 19.3 Å². The minimum atomic E-state index is -0.201. The Morgan fingerprint density at radius 3 is 2.53 bits per heavy atom. The second-order valence-electron chi connectivity index (χ2n) is 5.15. The highest BCUT2D eigenvalue weighted by molar-refractivity contribution is 5.73. The van der Waals surface area contributed by atoms with Gasteiger partial charge in [0.15, 0.2) is 0 Å². The fourth-order valence-electron chi connectivity index (χ4n) is 2.73. The van der Waals surface area contributed by atoms with Crippen LogP contribution in [-0.2, 0) is 13.0 Å². The Balaban J connectivity index is 2.12. The lowest BCUT2D eigenvalue weighted by Gasteiger charge is -2.28. The average molecular weight is 256 g/mol. The van der Waals surface area contributed by atoms with Crippen molar-refractivity contribution in [2.45, 2.75) is 13.0 Å². The van der Waals surface area contributed by atoms with Gasteiger partial charge >= 0.3 is 0 Å². The van der Waals surface area contributed by atoms with Gasteiger partial charge < -0.3 is 10.6 Å². The maximum atomic E-state index is 13.0. The molecule has 0 aliphatic carbocycles. The summed E-state index contributed by atoms with van der Waals surface area (Å²) in [6, 6.07) is 10.7. The van der Waals surface area contributed by atoms with Gasteiger partial charge in [-0.25, -0.2) is 4.39 Å². The number of halogens is 1. The van der Waals surface area contributed by atoms with E-state index in [1.807, 2.05) is 24.3 Å². The topological polar surface area (TPSA) is 29.3 Å². The smallest absolute Gasteiger partial charge is 0.123 e. The number of benzene rings is 2. The Morgan fingerprint density at radius 2 is 1.79 bits per heavy atom. The van der Waals surface area contributed by atoms with Crippen LogP contribution in [0.5, 0.6) is 0 Å². The second kappa shape index (κ2) is 4.67. The molecule has 0 bridgehead atoms. The fraction of sp³-hybridized carbons (Fsp3) is 0.250. The molecule has 19 heavy (non-hydrogen) atoms. The summed E-state index contributed by atoms with van der Waals surface area (Å²) in [5, 5.41) is 0. The maximum Gasteiger partial charge on any atom is 0.123 e. The number of rotatable bonds is 1. The maximum absolute atomic E-state index is 13.0. The molecule has 0 saturated carbocycles. The minimum absolute atomic E-state index is 0.201. The van der Waals surface area contributed by atoms with E-state index in [0.29, 0.717) is 0 Å². The zero-order chi connectivity index (χ0) is 13.4. The van der Waals surface area contributed by atoms with Crippen LogP contribution >= 0.6 is 0 Å². The van der Waals surface area contributed by atoms with E-state index in [2.05, 4.69) is 11.9 Å². The van der Waals surface area contributed by atoms with E-state index in [0.717, 1.165) is 30.8 Å².